The molecule has 164 valence electrons. The normalized spacial score (nSPS) is 15.2. The minimum absolute atomic E-state index is 0.0584. The topological polar surface area (TPSA) is 41.9 Å². The van der Waals surface area contributed by atoms with Crippen molar-refractivity contribution in [2.24, 2.45) is 5.16 Å². The molecule has 0 spiro atoms. The summed E-state index contributed by atoms with van der Waals surface area (Å²) in [6, 6.07) is 16.5. The van der Waals surface area contributed by atoms with Gasteiger partial charge >= 0.3 is 0 Å². The lowest BCUT2D eigenvalue weighted by molar-refractivity contribution is 0.0400. The van der Waals surface area contributed by atoms with Gasteiger partial charge in [-0.05, 0) is 30.7 Å². The van der Waals surface area contributed by atoms with Crippen LogP contribution in [0.2, 0.25) is 0 Å². The molecule has 0 saturated heterocycles. The molecular formula is C25H21F3N2O2. The van der Waals surface area contributed by atoms with Gasteiger partial charge in [-0.2, -0.15) is 0 Å². The van der Waals surface area contributed by atoms with E-state index in [-0.39, 0.29) is 24.2 Å². The lowest BCUT2D eigenvalue weighted by Gasteiger charge is -2.25. The van der Waals surface area contributed by atoms with Crippen molar-refractivity contribution in [3.05, 3.63) is 106 Å². The zero-order valence-electron chi connectivity index (χ0n) is 17.4. The average molecular weight is 438 g/mol. The van der Waals surface area contributed by atoms with E-state index in [1.165, 1.54) is 29.2 Å². The van der Waals surface area contributed by atoms with Crippen LogP contribution < -0.4 is 0 Å². The lowest BCUT2D eigenvalue weighted by atomic mass is 10.00. The molecule has 0 unspecified atom stereocenters. The zero-order chi connectivity index (χ0) is 22.7. The molecule has 1 aliphatic rings. The van der Waals surface area contributed by atoms with Gasteiger partial charge < -0.3 is 9.74 Å². The molecule has 1 heterocycles. The maximum atomic E-state index is 14.3. The molecule has 0 radical (unpaired) electrons. The van der Waals surface area contributed by atoms with E-state index in [0.29, 0.717) is 6.42 Å². The molecule has 0 bridgehead atoms. The number of nitrogens with zero attached hydrogens (tertiary/aromatic N) is 2. The van der Waals surface area contributed by atoms with E-state index in [2.05, 4.69) is 5.16 Å². The number of hydrogen-bond donors (Lipinski definition) is 0. The van der Waals surface area contributed by atoms with Crippen LogP contribution in [0.25, 0.3) is 0 Å². The average Bonchev–Trinajstić information content (AvgIpc) is 3.23. The van der Waals surface area contributed by atoms with Crippen molar-refractivity contribution < 1.29 is 22.8 Å². The van der Waals surface area contributed by atoms with Gasteiger partial charge in [-0.25, -0.2) is 13.2 Å². The van der Waals surface area contributed by atoms with Crippen LogP contribution in [0.1, 0.15) is 33.5 Å². The highest BCUT2D eigenvalue weighted by Crippen LogP contribution is 2.23. The van der Waals surface area contributed by atoms with Gasteiger partial charge in [0.25, 0.3) is 5.91 Å². The van der Waals surface area contributed by atoms with E-state index in [1.807, 2.05) is 31.2 Å². The van der Waals surface area contributed by atoms with Crippen LogP contribution >= 0.6 is 0 Å². The van der Waals surface area contributed by atoms with E-state index in [4.69, 9.17) is 4.84 Å². The number of aryl methyl sites for hydroxylation is 1. The summed E-state index contributed by atoms with van der Waals surface area (Å²) in [5.41, 5.74) is 2.73. The van der Waals surface area contributed by atoms with Gasteiger partial charge in [0.15, 0.2) is 6.10 Å². The predicted molar refractivity (Wildman–Crippen MR) is 115 cm³/mol. The quantitative estimate of drug-likeness (QED) is 0.528. The molecule has 1 amide bonds. The molecule has 4 rings (SSSR count). The fourth-order valence-corrected chi connectivity index (χ4v) is 3.71. The molecule has 0 fully saturated rings. The molecule has 3 aromatic carbocycles. The minimum atomic E-state index is -0.777. The number of hydrogen-bond acceptors (Lipinski definition) is 3. The summed E-state index contributed by atoms with van der Waals surface area (Å²) < 4.78 is 41.9. The Kier molecular flexibility index (Phi) is 6.25. The third-order valence-electron chi connectivity index (χ3n) is 5.38. The second-order valence-electron chi connectivity index (χ2n) is 7.69. The number of benzene rings is 3. The molecule has 4 nitrogen and oxygen atoms in total. The van der Waals surface area contributed by atoms with Crippen LogP contribution in [0.4, 0.5) is 13.2 Å². The maximum absolute atomic E-state index is 14.3. The van der Waals surface area contributed by atoms with E-state index >= 15 is 0 Å². The molecule has 1 aliphatic heterocycles. The number of carbonyl (C=O) groups excluding carboxylic acids is 1. The number of rotatable bonds is 6. The molecule has 3 aromatic rings. The van der Waals surface area contributed by atoms with Crippen LogP contribution in [0.3, 0.4) is 0 Å². The van der Waals surface area contributed by atoms with Gasteiger partial charge in [0.2, 0.25) is 0 Å². The van der Waals surface area contributed by atoms with Gasteiger partial charge in [-0.15, -0.1) is 0 Å². The molecule has 1 atom stereocenters. The van der Waals surface area contributed by atoms with Crippen LogP contribution in [0, 0.1) is 24.4 Å². The summed E-state index contributed by atoms with van der Waals surface area (Å²) in [4.78, 5) is 20.0. The third-order valence-corrected chi connectivity index (χ3v) is 5.38. The van der Waals surface area contributed by atoms with Crippen LogP contribution in [-0.4, -0.2) is 29.2 Å². The summed E-state index contributed by atoms with van der Waals surface area (Å²) in [6.45, 7) is 1.86. The lowest BCUT2D eigenvalue weighted by Crippen LogP contribution is -2.38. The molecule has 0 aromatic heterocycles. The summed E-state index contributed by atoms with van der Waals surface area (Å²) in [6.07, 6.45) is -0.0403. The Morgan fingerprint density at radius 1 is 1.03 bits per heavy atom. The fourth-order valence-electron chi connectivity index (χ4n) is 3.71. The Bertz CT molecular complexity index is 1180. The van der Waals surface area contributed by atoms with E-state index < -0.39 is 29.5 Å². The van der Waals surface area contributed by atoms with Crippen molar-refractivity contribution in [1.82, 2.24) is 4.90 Å². The predicted octanol–water partition coefficient (Wildman–Crippen LogP) is 5.25. The first-order chi connectivity index (χ1) is 15.4. The standard InChI is InChI=1S/C25H21F3N2O2/c1-16-6-2-3-7-20(16)24-13-19(32-29-24)15-30(14-17-10-11-18(26)12-23(17)28)25(31)21-8-4-5-9-22(21)27/h2-12,19H,13-15H2,1H3/t19-/m0/s1. The van der Waals surface area contributed by atoms with E-state index in [9.17, 15) is 18.0 Å². The van der Waals surface area contributed by atoms with Gasteiger partial charge in [0.1, 0.15) is 17.5 Å². The third kappa shape index (κ3) is 4.66. The summed E-state index contributed by atoms with van der Waals surface area (Å²) >= 11 is 0. The number of carbonyl (C=O) groups is 1. The summed E-state index contributed by atoms with van der Waals surface area (Å²) in [5.74, 6) is -2.78. The molecular weight excluding hydrogens is 417 g/mol. The minimum Gasteiger partial charge on any atom is -0.390 e. The molecule has 0 N–H and O–H groups in total. The van der Waals surface area contributed by atoms with Crippen molar-refractivity contribution in [3.63, 3.8) is 0 Å². The second-order valence-corrected chi connectivity index (χ2v) is 7.69. The largest absolute Gasteiger partial charge is 0.390 e. The number of halogens is 3. The van der Waals surface area contributed by atoms with Gasteiger partial charge in [0, 0.05) is 30.2 Å². The van der Waals surface area contributed by atoms with Crippen molar-refractivity contribution in [3.8, 4) is 0 Å². The Labute approximate surface area is 183 Å². The van der Waals surface area contributed by atoms with Crippen molar-refractivity contribution >= 4 is 11.6 Å². The number of amides is 1. The second kappa shape index (κ2) is 9.26. The van der Waals surface area contributed by atoms with Crippen molar-refractivity contribution in [1.29, 1.82) is 0 Å². The monoisotopic (exact) mass is 438 g/mol. The Morgan fingerprint density at radius 3 is 2.53 bits per heavy atom. The first kappa shape index (κ1) is 21.6. The molecule has 32 heavy (non-hydrogen) atoms. The highest BCUT2D eigenvalue weighted by atomic mass is 19.1. The van der Waals surface area contributed by atoms with Crippen LogP contribution in [-0.2, 0) is 11.4 Å². The van der Waals surface area contributed by atoms with Gasteiger partial charge in [-0.1, -0.05) is 47.6 Å². The molecule has 0 aliphatic carbocycles. The van der Waals surface area contributed by atoms with E-state index in [0.717, 1.165) is 29.0 Å². The Balaban J connectivity index is 1.56. The first-order valence-electron chi connectivity index (χ1n) is 10.2. The zero-order valence-corrected chi connectivity index (χ0v) is 17.4. The fraction of sp³-hybridized carbons (Fsp3) is 0.200. The Hall–Kier alpha value is -3.61. The smallest absolute Gasteiger partial charge is 0.257 e. The van der Waals surface area contributed by atoms with E-state index in [1.54, 1.807) is 6.07 Å². The molecule has 7 heteroatoms. The Morgan fingerprint density at radius 2 is 1.78 bits per heavy atom. The first-order valence-corrected chi connectivity index (χ1v) is 10.2. The summed E-state index contributed by atoms with van der Waals surface area (Å²) in [5, 5.41) is 4.17. The summed E-state index contributed by atoms with van der Waals surface area (Å²) in [7, 11) is 0. The van der Waals surface area contributed by atoms with Gasteiger partial charge in [0.05, 0.1) is 17.8 Å². The van der Waals surface area contributed by atoms with Crippen LogP contribution in [0.15, 0.2) is 71.9 Å². The maximum Gasteiger partial charge on any atom is 0.257 e. The van der Waals surface area contributed by atoms with Crippen molar-refractivity contribution in [2.45, 2.75) is 26.0 Å². The SMILES string of the molecule is Cc1ccccc1C1=NO[C@H](CN(Cc2ccc(F)cc2F)C(=O)c2ccccc2F)C1. The van der Waals surface area contributed by atoms with Gasteiger partial charge in [-0.3, -0.25) is 4.79 Å². The van der Waals surface area contributed by atoms with Crippen LogP contribution in [0.5, 0.6) is 0 Å². The van der Waals surface area contributed by atoms with Crippen molar-refractivity contribution in [2.75, 3.05) is 6.54 Å². The highest BCUT2D eigenvalue weighted by Gasteiger charge is 2.29. The number of oxime groups is 1. The highest BCUT2D eigenvalue weighted by molar-refractivity contribution is 6.02. The molecule has 0 saturated carbocycles.